The predicted octanol–water partition coefficient (Wildman–Crippen LogP) is 3.27. The van der Waals surface area contributed by atoms with Crippen molar-refractivity contribution < 1.29 is 27.5 Å². The molecule has 0 fully saturated rings. The van der Waals surface area contributed by atoms with Gasteiger partial charge in [0.25, 0.3) is 0 Å². The third-order valence-electron chi connectivity index (χ3n) is 5.65. The minimum Gasteiger partial charge on any atom is -0.461 e. The average Bonchev–Trinajstić information content (AvgIpc) is 3.13. The summed E-state index contributed by atoms with van der Waals surface area (Å²) in [6.07, 6.45) is 1.21. The molecule has 0 bridgehead atoms. The lowest BCUT2D eigenvalue weighted by Gasteiger charge is -2.23. The molecule has 3 aromatic rings. The molecule has 4 rings (SSSR count). The van der Waals surface area contributed by atoms with E-state index in [-0.39, 0.29) is 49.7 Å². The summed E-state index contributed by atoms with van der Waals surface area (Å²) >= 11 is 0. The first kappa shape index (κ1) is 23.5. The summed E-state index contributed by atoms with van der Waals surface area (Å²) in [5.41, 5.74) is 8.20. The van der Waals surface area contributed by atoms with Gasteiger partial charge in [-0.15, -0.1) is 0 Å². The lowest BCUT2D eigenvalue weighted by molar-refractivity contribution is -0.132. The van der Waals surface area contributed by atoms with E-state index in [1.807, 2.05) is 24.3 Å². The van der Waals surface area contributed by atoms with E-state index in [9.17, 15) is 22.8 Å². The molecule has 10 heteroatoms. The fraction of sp³-hybridized carbons (Fsp3) is 0.292. The molecule has 1 amide bonds. The van der Waals surface area contributed by atoms with E-state index in [0.717, 1.165) is 17.3 Å². The smallest absolute Gasteiger partial charge is 0.358 e. The number of carbonyl (C=O) groups excluding carboxylic acids is 2. The van der Waals surface area contributed by atoms with Gasteiger partial charge >= 0.3 is 5.97 Å². The Morgan fingerprint density at radius 2 is 1.85 bits per heavy atom. The highest BCUT2D eigenvalue weighted by atomic mass is 19.2. The third kappa shape index (κ3) is 4.67. The summed E-state index contributed by atoms with van der Waals surface area (Å²) < 4.78 is 47.6. The third-order valence-corrected chi connectivity index (χ3v) is 5.65. The van der Waals surface area contributed by atoms with Crippen LogP contribution < -0.4 is 5.73 Å². The van der Waals surface area contributed by atoms with Gasteiger partial charge < -0.3 is 19.9 Å². The predicted molar refractivity (Wildman–Crippen MR) is 116 cm³/mol. The second kappa shape index (κ2) is 9.68. The van der Waals surface area contributed by atoms with Gasteiger partial charge in [-0.25, -0.2) is 22.9 Å². The van der Waals surface area contributed by atoms with Crippen LogP contribution in [-0.2, 0) is 29.0 Å². The zero-order valence-electron chi connectivity index (χ0n) is 18.4. The summed E-state index contributed by atoms with van der Waals surface area (Å²) in [4.78, 5) is 31.3. The summed E-state index contributed by atoms with van der Waals surface area (Å²) in [7, 11) is 0. The average molecular weight is 472 g/mol. The molecule has 0 spiro atoms. The lowest BCUT2D eigenvalue weighted by Crippen LogP contribution is -2.36. The van der Waals surface area contributed by atoms with Crippen LogP contribution in [0.2, 0.25) is 0 Å². The van der Waals surface area contributed by atoms with Crippen LogP contribution in [0.5, 0.6) is 0 Å². The number of fused-ring (bicyclic) bond motifs is 3. The van der Waals surface area contributed by atoms with Crippen molar-refractivity contribution in [2.24, 2.45) is 5.73 Å². The Labute approximate surface area is 193 Å². The van der Waals surface area contributed by atoms with Crippen molar-refractivity contribution in [1.29, 1.82) is 0 Å². The van der Waals surface area contributed by atoms with Crippen molar-refractivity contribution in [3.05, 3.63) is 82.7 Å². The highest BCUT2D eigenvalue weighted by molar-refractivity contribution is 5.89. The number of imidazole rings is 1. The van der Waals surface area contributed by atoms with Crippen LogP contribution in [0.15, 0.2) is 42.7 Å². The first-order valence-corrected chi connectivity index (χ1v) is 10.8. The summed E-state index contributed by atoms with van der Waals surface area (Å²) in [6.45, 7) is 2.20. The van der Waals surface area contributed by atoms with E-state index < -0.39 is 29.5 Å². The first-order chi connectivity index (χ1) is 16.3. The van der Waals surface area contributed by atoms with E-state index >= 15 is 0 Å². The molecule has 0 saturated heterocycles. The maximum absolute atomic E-state index is 14.0. The molecule has 34 heavy (non-hydrogen) atoms. The number of aromatic nitrogens is 2. The van der Waals surface area contributed by atoms with Gasteiger partial charge in [0.05, 0.1) is 24.5 Å². The minimum absolute atomic E-state index is 0.0773. The molecule has 1 aromatic heterocycles. The van der Waals surface area contributed by atoms with Crippen LogP contribution in [0.1, 0.15) is 40.7 Å². The number of carbonyl (C=O) groups is 2. The van der Waals surface area contributed by atoms with Gasteiger partial charge in [-0.05, 0) is 36.6 Å². The quantitative estimate of drug-likeness (QED) is 0.439. The van der Waals surface area contributed by atoms with Crippen molar-refractivity contribution >= 4 is 11.9 Å². The highest BCUT2D eigenvalue weighted by Crippen LogP contribution is 2.27. The van der Waals surface area contributed by atoms with Crippen LogP contribution in [-0.4, -0.2) is 39.0 Å². The Kier molecular flexibility index (Phi) is 6.69. The lowest BCUT2D eigenvalue weighted by atomic mass is 10.0. The summed E-state index contributed by atoms with van der Waals surface area (Å²) in [5.74, 6) is -4.32. The maximum Gasteiger partial charge on any atom is 0.358 e. The highest BCUT2D eigenvalue weighted by Gasteiger charge is 2.29. The Bertz CT molecular complexity index is 1240. The number of halogens is 3. The van der Waals surface area contributed by atoms with E-state index in [1.165, 1.54) is 11.2 Å². The second-order valence-corrected chi connectivity index (χ2v) is 8.03. The number of nitrogens with zero attached hydrogens (tertiary/aromatic N) is 3. The molecule has 0 saturated carbocycles. The molecular weight excluding hydrogens is 449 g/mol. The van der Waals surface area contributed by atoms with Crippen molar-refractivity contribution in [2.45, 2.75) is 38.9 Å². The second-order valence-electron chi connectivity index (χ2n) is 8.03. The number of hydrogen-bond donors (Lipinski definition) is 1. The number of amides is 1. The van der Waals surface area contributed by atoms with Crippen LogP contribution >= 0.6 is 0 Å². The van der Waals surface area contributed by atoms with Crippen molar-refractivity contribution in [3.63, 3.8) is 0 Å². The van der Waals surface area contributed by atoms with Crippen molar-refractivity contribution in [3.8, 4) is 5.69 Å². The molecule has 1 atom stereocenters. The molecule has 2 N–H and O–H groups in total. The molecule has 7 nitrogen and oxygen atoms in total. The largest absolute Gasteiger partial charge is 0.461 e. The van der Waals surface area contributed by atoms with Crippen LogP contribution in [0, 0.1) is 17.5 Å². The zero-order valence-corrected chi connectivity index (χ0v) is 18.4. The fourth-order valence-electron chi connectivity index (χ4n) is 4.03. The summed E-state index contributed by atoms with van der Waals surface area (Å²) in [6, 6.07) is 7.79. The number of para-hydroxylation sites is 1. The van der Waals surface area contributed by atoms with E-state index in [0.29, 0.717) is 11.8 Å². The van der Waals surface area contributed by atoms with Gasteiger partial charge in [0.15, 0.2) is 17.3 Å². The molecule has 178 valence electrons. The Morgan fingerprint density at radius 1 is 1.12 bits per heavy atom. The molecular formula is C24H23F3N4O3. The first-order valence-electron chi connectivity index (χ1n) is 10.8. The van der Waals surface area contributed by atoms with Crippen molar-refractivity contribution in [1.82, 2.24) is 14.5 Å². The van der Waals surface area contributed by atoms with Crippen LogP contribution in [0.25, 0.3) is 5.69 Å². The van der Waals surface area contributed by atoms with Gasteiger partial charge in [0, 0.05) is 25.1 Å². The van der Waals surface area contributed by atoms with Crippen LogP contribution in [0.4, 0.5) is 13.2 Å². The number of ether oxygens (including phenoxy) is 1. The number of esters is 1. The SMILES string of the molecule is CCOC(=O)c1ncn2c1CN(C(=O)C[C@H](N)Cc1cc(F)c(F)cc1F)Cc1ccccc1-2. The topological polar surface area (TPSA) is 90.5 Å². The normalized spacial score (nSPS) is 13.6. The maximum atomic E-state index is 14.0. The number of benzene rings is 2. The van der Waals surface area contributed by atoms with E-state index in [1.54, 1.807) is 11.5 Å². The molecule has 0 aliphatic carbocycles. The fourth-order valence-corrected chi connectivity index (χ4v) is 4.03. The molecule has 0 radical (unpaired) electrons. The monoisotopic (exact) mass is 472 g/mol. The molecule has 2 aromatic carbocycles. The summed E-state index contributed by atoms with van der Waals surface area (Å²) in [5, 5.41) is 0. The number of nitrogens with two attached hydrogens (primary N) is 1. The Balaban J connectivity index is 1.58. The molecule has 1 aliphatic rings. The molecule has 2 heterocycles. The Hall–Kier alpha value is -3.66. The number of rotatable bonds is 6. The zero-order chi connectivity index (χ0) is 24.4. The standard InChI is InChI=1S/C24H23F3N4O3/c1-2-34-24(33)23-21-12-30(11-14-5-3-4-6-20(14)31(21)13-29-23)22(32)9-16(28)7-15-8-18(26)19(27)10-17(15)25/h3-6,8,10,13,16H,2,7,9,11-12,28H2,1H3/t16-/m1/s1. The van der Waals surface area contributed by atoms with Crippen LogP contribution in [0.3, 0.4) is 0 Å². The van der Waals surface area contributed by atoms with Gasteiger partial charge in [-0.1, -0.05) is 18.2 Å². The van der Waals surface area contributed by atoms with Gasteiger partial charge in [0.1, 0.15) is 12.1 Å². The van der Waals surface area contributed by atoms with Gasteiger partial charge in [0.2, 0.25) is 5.91 Å². The van der Waals surface area contributed by atoms with E-state index in [4.69, 9.17) is 10.5 Å². The minimum atomic E-state index is -1.29. The molecule has 0 unspecified atom stereocenters. The number of hydrogen-bond acceptors (Lipinski definition) is 5. The van der Waals surface area contributed by atoms with Gasteiger partial charge in [-0.3, -0.25) is 4.79 Å². The van der Waals surface area contributed by atoms with E-state index in [2.05, 4.69) is 4.98 Å². The van der Waals surface area contributed by atoms with Crippen molar-refractivity contribution in [2.75, 3.05) is 6.61 Å². The van der Waals surface area contributed by atoms with Gasteiger partial charge in [-0.2, -0.15) is 0 Å². The Morgan fingerprint density at radius 3 is 2.62 bits per heavy atom. The molecule has 1 aliphatic heterocycles.